The summed E-state index contributed by atoms with van der Waals surface area (Å²) in [7, 11) is 1.59. The number of carboxylic acids is 2. The van der Waals surface area contributed by atoms with E-state index < -0.39 is 23.9 Å². The zero-order valence-electron chi connectivity index (χ0n) is 40.1. The molecule has 17 nitrogen and oxygen atoms in total. The number of rotatable bonds is 45. The van der Waals surface area contributed by atoms with Crippen molar-refractivity contribution in [3.05, 3.63) is 0 Å². The summed E-state index contributed by atoms with van der Waals surface area (Å²) in [5.41, 5.74) is 0.372. The molecule has 0 fully saturated rings. The van der Waals surface area contributed by atoms with E-state index in [2.05, 4.69) is 10.6 Å². The van der Waals surface area contributed by atoms with Gasteiger partial charge in [0.15, 0.2) is 7.20 Å². The first-order valence-electron chi connectivity index (χ1n) is 24.0. The summed E-state index contributed by atoms with van der Waals surface area (Å²) < 4.78 is 27.7. The molecule has 7 N–H and O–H groups in total. The van der Waals surface area contributed by atoms with Gasteiger partial charge in [-0.1, -0.05) is 104 Å². The fourth-order valence-corrected chi connectivity index (χ4v) is 6.32. The van der Waals surface area contributed by atoms with Crippen molar-refractivity contribution in [2.45, 2.75) is 187 Å². The lowest BCUT2D eigenvalue weighted by atomic mass is 10.0. The first-order chi connectivity index (χ1) is 30.7. The van der Waals surface area contributed by atoms with E-state index in [0.29, 0.717) is 90.1 Å². The van der Waals surface area contributed by atoms with Crippen LogP contribution in [0, 0.1) is 5.92 Å². The van der Waals surface area contributed by atoms with Crippen molar-refractivity contribution in [1.29, 1.82) is 0 Å². The van der Waals surface area contributed by atoms with E-state index >= 15 is 0 Å². The van der Waals surface area contributed by atoms with Gasteiger partial charge in [0.05, 0.1) is 33.0 Å². The predicted molar refractivity (Wildman–Crippen MR) is 244 cm³/mol. The quantitative estimate of drug-likeness (QED) is 0.0163. The minimum Gasteiger partial charge on any atom is -0.481 e. The number of nitrogens with two attached hydrogens (primary N) is 1. The molecule has 0 rings (SSSR count). The third-order valence-electron chi connectivity index (χ3n) is 10.2. The van der Waals surface area contributed by atoms with E-state index in [1.165, 1.54) is 44.9 Å². The highest BCUT2D eigenvalue weighted by molar-refractivity contribution is 5.84. The predicted octanol–water partition coefficient (Wildman–Crippen LogP) is 6.61. The summed E-state index contributed by atoms with van der Waals surface area (Å²) in [6.07, 6.45) is 21.3. The number of nitrogens with one attached hydrogen (secondary N) is 3. The molecule has 0 bridgehead atoms. The molecule has 2 atom stereocenters. The smallest absolute Gasteiger partial charge is 0.326 e. The molecule has 0 aliphatic heterocycles. The van der Waals surface area contributed by atoms with Crippen LogP contribution >= 0.6 is 0 Å². The van der Waals surface area contributed by atoms with Gasteiger partial charge in [0.25, 0.3) is 0 Å². The van der Waals surface area contributed by atoms with Crippen LogP contribution in [0.2, 0.25) is 1.41 Å². The second kappa shape index (κ2) is 46.5. The number of carboxylic acid groups (broad SMARTS) is 2. The Balaban J connectivity index is -0.00000125. The normalized spacial score (nSPS) is 12.0. The molecule has 0 aliphatic carbocycles. The second-order valence-electron chi connectivity index (χ2n) is 16.0. The average molecular weight is 907 g/mol. The number of ether oxygens (including phenoxy) is 4. The van der Waals surface area contributed by atoms with Crippen LogP contribution < -0.4 is 21.9 Å². The first-order valence-corrected chi connectivity index (χ1v) is 23.6. The number of amides is 3. The molecule has 3 amide bonds. The number of unbranched alkanes of at least 4 members (excludes halogenated alkanes) is 15. The molecule has 0 heterocycles. The lowest BCUT2D eigenvalue weighted by molar-refractivity contribution is -0.142. The van der Waals surface area contributed by atoms with Gasteiger partial charge < -0.3 is 39.8 Å². The average Bonchev–Trinajstić information content (AvgIpc) is 3.26. The van der Waals surface area contributed by atoms with Crippen molar-refractivity contribution < 1.29 is 65.6 Å². The van der Waals surface area contributed by atoms with Crippen LogP contribution in [0.4, 0.5) is 0 Å². The fourth-order valence-electron chi connectivity index (χ4n) is 6.32. The Hall–Kier alpha value is -3.51. The van der Waals surface area contributed by atoms with E-state index in [-0.39, 0.29) is 56.6 Å². The Morgan fingerprint density at radius 3 is 1.65 bits per heavy atom. The van der Waals surface area contributed by atoms with Crippen molar-refractivity contribution in [3.63, 3.8) is 0 Å². The number of methoxy groups -OCH3 is 1. The molecule has 0 saturated heterocycles. The number of carbonyl (C=O) groups excluding carboxylic acids is 5. The number of hydrazine groups is 1. The molecule has 0 unspecified atom stereocenters. The van der Waals surface area contributed by atoms with E-state index in [1.807, 2.05) is 0 Å². The summed E-state index contributed by atoms with van der Waals surface area (Å²) in [5.74, 6) is 2.36. The van der Waals surface area contributed by atoms with Gasteiger partial charge in [-0.25, -0.2) is 10.6 Å². The van der Waals surface area contributed by atoms with E-state index in [1.54, 1.807) is 21.0 Å². The van der Waals surface area contributed by atoms with Crippen molar-refractivity contribution >= 4 is 41.2 Å². The highest BCUT2D eigenvalue weighted by atomic mass is 16.5. The molecule has 0 aromatic rings. The maximum atomic E-state index is 12.2. The van der Waals surface area contributed by atoms with Crippen LogP contribution in [0.3, 0.4) is 0 Å². The van der Waals surface area contributed by atoms with E-state index in [0.717, 1.165) is 64.2 Å². The molecule has 17 heteroatoms. The lowest BCUT2D eigenvalue weighted by Crippen LogP contribution is -2.41. The maximum absolute atomic E-state index is 12.2. The van der Waals surface area contributed by atoms with Crippen LogP contribution in [0.25, 0.3) is 0 Å². The molecule has 0 spiro atoms. The van der Waals surface area contributed by atoms with Gasteiger partial charge in [-0.2, -0.15) is 0 Å². The maximum Gasteiger partial charge on any atom is 0.326 e. The Labute approximate surface area is 380 Å². The minimum atomic E-state index is -1.11. The summed E-state index contributed by atoms with van der Waals surface area (Å²) >= 11 is 0. The van der Waals surface area contributed by atoms with Gasteiger partial charge in [0.1, 0.15) is 18.4 Å². The van der Waals surface area contributed by atoms with Crippen LogP contribution in [-0.2, 0) is 52.5 Å². The van der Waals surface area contributed by atoms with Crippen molar-refractivity contribution in [3.8, 4) is 0 Å². The highest BCUT2D eigenvalue weighted by Gasteiger charge is 2.21. The summed E-state index contributed by atoms with van der Waals surface area (Å²) in [5, 5.41) is 23.2. The van der Waals surface area contributed by atoms with Crippen molar-refractivity contribution in [1.82, 2.24) is 16.1 Å². The zero-order chi connectivity index (χ0) is 48.1. The Morgan fingerprint density at radius 2 is 1.10 bits per heavy atom. The van der Waals surface area contributed by atoms with Gasteiger partial charge >= 0.3 is 11.9 Å². The first kappa shape index (κ1) is 59.5. The number of ketones is 2. The molecule has 0 aromatic heterocycles. The van der Waals surface area contributed by atoms with Crippen LogP contribution in [-0.4, -0.2) is 117 Å². The fraction of sp³-hybridized carbons (Fsp3) is 0.848. The zero-order valence-corrected chi connectivity index (χ0v) is 39.1. The standard InChI is InChI=1S/C29H53NO8.C17H33N3O5.H2/c1-37-23-24-38-22-16-17-25(31)20-21-26(29(35)36)30-27(32)18-14-12-10-8-6-4-2-3-5-7-9-11-13-15-19-28(33)34;1-3-16(22)19-9-10-24-11-12-25-13-15(21)8-6-4-5-7-14(2)17(23)20-18;/h26H,2-24H2,1H3,(H,30,32)(H,33,34)(H,35,36);14H,3-13,18H2,1-2H3,(H,19,22)(H,20,23);1H/t26-;14-;/m00./s1/i/hT. The largest absolute Gasteiger partial charge is 0.481 e. The van der Waals surface area contributed by atoms with Gasteiger partial charge in [0, 0.05) is 66.1 Å². The number of carbonyl (C=O) groups is 7. The molecule has 0 aliphatic rings. The van der Waals surface area contributed by atoms with Crippen molar-refractivity contribution in [2.75, 3.05) is 59.9 Å². The topological polar surface area (TPSA) is 259 Å². The van der Waals surface area contributed by atoms with Gasteiger partial charge in [-0.15, -0.1) is 0 Å². The molecular formula is C46H88N4O13. The number of aliphatic carboxylic acids is 2. The summed E-state index contributed by atoms with van der Waals surface area (Å²) in [6.45, 7) is 6.69. The van der Waals surface area contributed by atoms with Crippen LogP contribution in [0.15, 0.2) is 0 Å². The minimum absolute atomic E-state index is 0. The third-order valence-corrected chi connectivity index (χ3v) is 10.2. The Morgan fingerprint density at radius 1 is 0.587 bits per heavy atom. The molecule has 0 radical (unpaired) electrons. The van der Waals surface area contributed by atoms with E-state index in [9.17, 15) is 38.7 Å². The Bertz CT molecular complexity index is 1230. The third kappa shape index (κ3) is 46.3. The number of hydrogen-bond acceptors (Lipinski definition) is 12. The second-order valence-corrected chi connectivity index (χ2v) is 16.0. The van der Waals surface area contributed by atoms with Crippen molar-refractivity contribution in [2.24, 2.45) is 11.8 Å². The van der Waals surface area contributed by atoms with E-state index in [4.69, 9.17) is 31.3 Å². The summed E-state index contributed by atoms with van der Waals surface area (Å²) in [4.78, 5) is 80.1. The lowest BCUT2D eigenvalue weighted by Gasteiger charge is -2.14. The highest BCUT2D eigenvalue weighted by Crippen LogP contribution is 2.14. The van der Waals surface area contributed by atoms with Gasteiger partial charge in [-0.05, 0) is 38.5 Å². The van der Waals surface area contributed by atoms with Gasteiger partial charge in [-0.3, -0.25) is 34.2 Å². The van der Waals surface area contributed by atoms with Crippen LogP contribution in [0.1, 0.15) is 182 Å². The molecule has 0 aromatic carbocycles. The molecule has 0 saturated carbocycles. The summed E-state index contributed by atoms with van der Waals surface area (Å²) in [6, 6.07) is -1.03. The molecule has 370 valence electrons. The molecule has 63 heavy (non-hydrogen) atoms. The monoisotopic (exact) mass is 907 g/mol. The number of hydrogen-bond donors (Lipinski definition) is 6. The number of Topliss-reactive ketones (excluding diaryl/α,β-unsaturated/α-hetero) is 2. The Kier molecular flexibility index (Phi) is 43.9. The SMILES string of the molecule is COCCOCCCC(=O)CC[C@H](NC(=O)CCCCCCCCCCCCCCCCC(=O)O)C(=O)O.[3H]N(N)C(=O)[C@@H](C)CCCCCC(=O)COCCOCCNC(=O)CC.[HH]. The van der Waals surface area contributed by atoms with Crippen LogP contribution in [0.5, 0.6) is 0 Å². The van der Waals surface area contributed by atoms with Gasteiger partial charge in [0.2, 0.25) is 17.7 Å². The molecular weight excluding hydrogens is 817 g/mol.